The van der Waals surface area contributed by atoms with Gasteiger partial charge in [-0.3, -0.25) is 0 Å². The largest absolute Gasteiger partial charge is 0.458 e. The van der Waals surface area contributed by atoms with Gasteiger partial charge >= 0.3 is 0 Å². The van der Waals surface area contributed by atoms with Gasteiger partial charge in [-0.15, -0.1) is 11.3 Å². The number of hydrogen-bond donors (Lipinski definition) is 1. The lowest BCUT2D eigenvalue weighted by Crippen LogP contribution is -2.21. The predicted octanol–water partition coefficient (Wildman–Crippen LogP) is 4.20. The van der Waals surface area contributed by atoms with Crippen LogP contribution in [-0.2, 0) is 5.60 Å². The van der Waals surface area contributed by atoms with E-state index in [1.54, 1.807) is 19.1 Å². The summed E-state index contributed by atoms with van der Waals surface area (Å²) >= 11 is 1.48. The number of fused-ring (bicyclic) bond motifs is 1. The van der Waals surface area contributed by atoms with Gasteiger partial charge in [0.15, 0.2) is 5.60 Å². The standard InChI is InChI=1S/C15H13FO2S/c1-9-5-6-19-14(9)15(2,17)13-8-10-7-11(16)3-4-12(10)18-13/h3-8,17H,1-2H3. The van der Waals surface area contributed by atoms with Gasteiger partial charge in [-0.05, 0) is 55.1 Å². The summed E-state index contributed by atoms with van der Waals surface area (Å²) in [6.45, 7) is 3.64. The number of thiophene rings is 1. The lowest BCUT2D eigenvalue weighted by Gasteiger charge is -2.20. The fourth-order valence-electron chi connectivity index (χ4n) is 2.24. The van der Waals surface area contributed by atoms with Gasteiger partial charge in [0, 0.05) is 10.3 Å². The van der Waals surface area contributed by atoms with E-state index in [-0.39, 0.29) is 5.82 Å². The van der Waals surface area contributed by atoms with E-state index in [1.165, 1.54) is 23.5 Å². The summed E-state index contributed by atoms with van der Waals surface area (Å²) in [5.41, 5.74) is 0.390. The highest BCUT2D eigenvalue weighted by Gasteiger charge is 2.32. The molecule has 3 rings (SSSR count). The van der Waals surface area contributed by atoms with Crippen LogP contribution in [0.1, 0.15) is 23.1 Å². The summed E-state index contributed by atoms with van der Waals surface area (Å²) in [5, 5.41) is 13.3. The van der Waals surface area contributed by atoms with Crippen LogP contribution in [0.5, 0.6) is 0 Å². The van der Waals surface area contributed by atoms with Gasteiger partial charge in [0.2, 0.25) is 0 Å². The van der Waals surface area contributed by atoms with Crippen molar-refractivity contribution in [3.05, 3.63) is 57.7 Å². The molecule has 0 aliphatic heterocycles. The highest BCUT2D eigenvalue weighted by molar-refractivity contribution is 7.10. The lowest BCUT2D eigenvalue weighted by atomic mass is 9.98. The molecule has 1 N–H and O–H groups in total. The van der Waals surface area contributed by atoms with Crippen molar-refractivity contribution in [1.29, 1.82) is 0 Å². The van der Waals surface area contributed by atoms with E-state index in [4.69, 9.17) is 4.42 Å². The third-order valence-electron chi connectivity index (χ3n) is 3.26. The lowest BCUT2D eigenvalue weighted by molar-refractivity contribution is 0.0818. The van der Waals surface area contributed by atoms with Gasteiger partial charge < -0.3 is 9.52 Å². The van der Waals surface area contributed by atoms with Crippen LogP contribution in [-0.4, -0.2) is 5.11 Å². The Morgan fingerprint density at radius 1 is 1.26 bits per heavy atom. The molecular formula is C15H13FO2S. The first-order valence-corrected chi connectivity index (χ1v) is 6.83. The average Bonchev–Trinajstić information content (AvgIpc) is 2.94. The van der Waals surface area contributed by atoms with Crippen LogP contribution in [0.15, 0.2) is 40.1 Å². The van der Waals surface area contributed by atoms with Crippen LogP contribution < -0.4 is 0 Å². The molecule has 1 unspecified atom stereocenters. The van der Waals surface area contributed by atoms with Crippen molar-refractivity contribution >= 4 is 22.3 Å². The smallest absolute Gasteiger partial charge is 0.154 e. The maximum atomic E-state index is 13.2. The van der Waals surface area contributed by atoms with E-state index in [9.17, 15) is 9.50 Å². The minimum atomic E-state index is -1.20. The van der Waals surface area contributed by atoms with E-state index < -0.39 is 5.60 Å². The number of aliphatic hydroxyl groups is 1. The Morgan fingerprint density at radius 2 is 2.05 bits per heavy atom. The third-order valence-corrected chi connectivity index (χ3v) is 4.49. The fraction of sp³-hybridized carbons (Fsp3) is 0.200. The van der Waals surface area contributed by atoms with Crippen molar-refractivity contribution in [3.63, 3.8) is 0 Å². The second-order valence-corrected chi connectivity index (χ2v) is 5.71. The van der Waals surface area contributed by atoms with Crippen LogP contribution in [0, 0.1) is 12.7 Å². The molecule has 2 heterocycles. The topological polar surface area (TPSA) is 33.4 Å². The zero-order valence-corrected chi connectivity index (χ0v) is 11.4. The van der Waals surface area contributed by atoms with Gasteiger partial charge in [-0.25, -0.2) is 4.39 Å². The minimum Gasteiger partial charge on any atom is -0.458 e. The SMILES string of the molecule is Cc1ccsc1C(C)(O)c1cc2cc(F)ccc2o1. The molecule has 0 aliphatic carbocycles. The Labute approximate surface area is 114 Å². The van der Waals surface area contributed by atoms with Crippen LogP contribution in [0.25, 0.3) is 11.0 Å². The van der Waals surface area contributed by atoms with Gasteiger partial charge in [0.05, 0.1) is 0 Å². The molecular weight excluding hydrogens is 263 g/mol. The highest BCUT2D eigenvalue weighted by Crippen LogP contribution is 2.37. The molecule has 0 spiro atoms. The molecule has 98 valence electrons. The Balaban J connectivity index is 2.15. The minimum absolute atomic E-state index is 0.313. The Hall–Kier alpha value is -1.65. The number of halogens is 1. The summed E-state index contributed by atoms with van der Waals surface area (Å²) < 4.78 is 18.8. The Bertz CT molecular complexity index is 740. The fourth-order valence-corrected chi connectivity index (χ4v) is 3.23. The summed E-state index contributed by atoms with van der Waals surface area (Å²) in [7, 11) is 0. The van der Waals surface area contributed by atoms with Crippen molar-refractivity contribution in [2.75, 3.05) is 0 Å². The molecule has 4 heteroatoms. The van der Waals surface area contributed by atoms with Crippen LogP contribution in [0.3, 0.4) is 0 Å². The number of aryl methyl sites for hydroxylation is 1. The van der Waals surface area contributed by atoms with Gasteiger partial charge in [0.1, 0.15) is 17.2 Å². The molecule has 1 aromatic carbocycles. The molecule has 0 saturated heterocycles. The van der Waals surface area contributed by atoms with Crippen LogP contribution in [0.2, 0.25) is 0 Å². The van der Waals surface area contributed by atoms with E-state index in [0.717, 1.165) is 10.4 Å². The summed E-state index contributed by atoms with van der Waals surface area (Å²) in [6, 6.07) is 7.97. The molecule has 0 saturated carbocycles. The van der Waals surface area contributed by atoms with Crippen molar-refractivity contribution in [1.82, 2.24) is 0 Å². The maximum absolute atomic E-state index is 13.2. The zero-order chi connectivity index (χ0) is 13.6. The molecule has 3 aromatic rings. The van der Waals surface area contributed by atoms with E-state index in [2.05, 4.69) is 0 Å². The molecule has 1 atom stereocenters. The molecule has 19 heavy (non-hydrogen) atoms. The summed E-state index contributed by atoms with van der Waals surface area (Å²) in [6.07, 6.45) is 0. The quantitative estimate of drug-likeness (QED) is 0.761. The number of hydrogen-bond acceptors (Lipinski definition) is 3. The summed E-state index contributed by atoms with van der Waals surface area (Å²) in [4.78, 5) is 0.840. The number of benzene rings is 1. The van der Waals surface area contributed by atoms with Gasteiger partial charge in [-0.2, -0.15) is 0 Å². The number of furan rings is 1. The molecule has 0 aliphatic rings. The van der Waals surface area contributed by atoms with Crippen molar-refractivity contribution in [3.8, 4) is 0 Å². The Morgan fingerprint density at radius 3 is 2.74 bits per heavy atom. The van der Waals surface area contributed by atoms with Crippen molar-refractivity contribution in [2.45, 2.75) is 19.4 Å². The first-order chi connectivity index (χ1) is 8.98. The van der Waals surface area contributed by atoms with Crippen LogP contribution >= 0.6 is 11.3 Å². The molecule has 2 nitrogen and oxygen atoms in total. The maximum Gasteiger partial charge on any atom is 0.154 e. The monoisotopic (exact) mass is 276 g/mol. The van der Waals surface area contributed by atoms with Gasteiger partial charge in [-0.1, -0.05) is 0 Å². The van der Waals surface area contributed by atoms with E-state index >= 15 is 0 Å². The molecule has 0 radical (unpaired) electrons. The van der Waals surface area contributed by atoms with E-state index in [0.29, 0.717) is 16.7 Å². The first-order valence-electron chi connectivity index (χ1n) is 5.95. The second-order valence-electron chi connectivity index (χ2n) is 4.80. The average molecular weight is 276 g/mol. The predicted molar refractivity (Wildman–Crippen MR) is 73.9 cm³/mol. The number of rotatable bonds is 2. The zero-order valence-electron chi connectivity index (χ0n) is 10.6. The molecule has 2 aromatic heterocycles. The van der Waals surface area contributed by atoms with E-state index in [1.807, 2.05) is 18.4 Å². The normalized spacial score (nSPS) is 14.7. The Kier molecular flexibility index (Phi) is 2.73. The summed E-state index contributed by atoms with van der Waals surface area (Å²) in [5.74, 6) is 0.116. The van der Waals surface area contributed by atoms with Crippen molar-refractivity contribution in [2.24, 2.45) is 0 Å². The van der Waals surface area contributed by atoms with Crippen LogP contribution in [0.4, 0.5) is 4.39 Å². The highest BCUT2D eigenvalue weighted by atomic mass is 32.1. The van der Waals surface area contributed by atoms with Crippen molar-refractivity contribution < 1.29 is 13.9 Å². The molecule has 0 amide bonds. The van der Waals surface area contributed by atoms with Gasteiger partial charge in [0.25, 0.3) is 0 Å². The molecule has 0 fully saturated rings. The first kappa shape index (κ1) is 12.4. The third kappa shape index (κ3) is 1.97. The molecule has 0 bridgehead atoms. The second kappa shape index (κ2) is 4.18.